The van der Waals surface area contributed by atoms with Gasteiger partial charge in [-0.05, 0) is 30.5 Å². The Labute approximate surface area is 142 Å². The number of H-pyrrole nitrogens is 1. The Morgan fingerprint density at radius 2 is 2.00 bits per heavy atom. The van der Waals surface area contributed by atoms with Gasteiger partial charge in [0.15, 0.2) is 0 Å². The van der Waals surface area contributed by atoms with E-state index in [-0.39, 0.29) is 0 Å². The number of imidazole rings is 1. The van der Waals surface area contributed by atoms with Gasteiger partial charge in [0.2, 0.25) is 0 Å². The topological polar surface area (TPSA) is 41.1 Å². The number of nitrogens with zero attached hydrogens (tertiary/aromatic N) is 2. The highest BCUT2D eigenvalue weighted by Gasteiger charge is 2.20. The van der Waals surface area contributed by atoms with Crippen LogP contribution in [0.2, 0.25) is 0 Å². The number of hydrogen-bond acceptors (Lipinski definition) is 3. The monoisotopic (exact) mass is 319 g/mol. The molecule has 0 spiro atoms. The van der Waals surface area contributed by atoms with Crippen LogP contribution in [0.5, 0.6) is 5.75 Å². The van der Waals surface area contributed by atoms with Crippen molar-refractivity contribution in [2.24, 2.45) is 0 Å². The first-order valence-electron chi connectivity index (χ1n) is 8.41. The molecular weight excluding hydrogens is 298 g/mol. The molecule has 0 bridgehead atoms. The minimum Gasteiger partial charge on any atom is -0.489 e. The maximum atomic E-state index is 6.13. The third-order valence-corrected chi connectivity index (χ3v) is 4.46. The van der Waals surface area contributed by atoms with Crippen LogP contribution >= 0.6 is 0 Å². The summed E-state index contributed by atoms with van der Waals surface area (Å²) in [6, 6.07) is 16.7. The van der Waals surface area contributed by atoms with E-state index < -0.39 is 0 Å². The summed E-state index contributed by atoms with van der Waals surface area (Å²) in [6.07, 6.45) is 5.84. The lowest BCUT2D eigenvalue weighted by Crippen LogP contribution is -2.29. The lowest BCUT2D eigenvalue weighted by atomic mass is 10.0. The molecule has 4 nitrogen and oxygen atoms in total. The molecule has 0 aliphatic carbocycles. The first kappa shape index (κ1) is 14.8. The van der Waals surface area contributed by atoms with Crippen LogP contribution in [-0.2, 0) is 19.6 Å². The molecule has 0 radical (unpaired) electrons. The molecule has 1 aliphatic heterocycles. The normalized spacial score (nSPS) is 13.6. The van der Waals surface area contributed by atoms with Crippen molar-refractivity contribution in [1.82, 2.24) is 9.97 Å². The molecule has 0 fully saturated rings. The number of anilines is 1. The third kappa shape index (κ3) is 3.13. The summed E-state index contributed by atoms with van der Waals surface area (Å²) in [6.45, 7) is 2.53. The molecule has 2 aromatic carbocycles. The molecule has 1 aliphatic rings. The Balaban J connectivity index is 1.54. The van der Waals surface area contributed by atoms with Crippen molar-refractivity contribution >= 4 is 5.69 Å². The summed E-state index contributed by atoms with van der Waals surface area (Å²) in [4.78, 5) is 9.71. The second-order valence-corrected chi connectivity index (χ2v) is 6.13. The Morgan fingerprint density at radius 1 is 1.08 bits per heavy atom. The molecule has 4 rings (SSSR count). The maximum absolute atomic E-state index is 6.13. The van der Waals surface area contributed by atoms with Crippen molar-refractivity contribution in [3.05, 3.63) is 77.9 Å². The van der Waals surface area contributed by atoms with Crippen LogP contribution < -0.4 is 9.64 Å². The van der Waals surface area contributed by atoms with Gasteiger partial charge in [-0.1, -0.05) is 36.4 Å². The summed E-state index contributed by atoms with van der Waals surface area (Å²) < 4.78 is 6.13. The molecule has 1 N–H and O–H groups in total. The van der Waals surface area contributed by atoms with Crippen LogP contribution in [0.4, 0.5) is 5.69 Å². The number of nitrogens with one attached hydrogen (secondary N) is 1. The zero-order valence-corrected chi connectivity index (χ0v) is 13.6. The van der Waals surface area contributed by atoms with Crippen LogP contribution in [0, 0.1) is 0 Å². The van der Waals surface area contributed by atoms with Crippen molar-refractivity contribution in [2.45, 2.75) is 26.0 Å². The highest BCUT2D eigenvalue weighted by atomic mass is 16.5. The number of rotatable bonds is 5. The zero-order valence-electron chi connectivity index (χ0n) is 13.6. The van der Waals surface area contributed by atoms with Gasteiger partial charge in [-0.2, -0.15) is 0 Å². The number of hydrogen-bond donors (Lipinski definition) is 1. The average Bonchev–Trinajstić information content (AvgIpc) is 3.14. The molecule has 24 heavy (non-hydrogen) atoms. The summed E-state index contributed by atoms with van der Waals surface area (Å²) >= 11 is 0. The van der Waals surface area contributed by atoms with Gasteiger partial charge in [-0.15, -0.1) is 0 Å². The van der Waals surface area contributed by atoms with E-state index in [0.29, 0.717) is 6.61 Å². The van der Waals surface area contributed by atoms with Gasteiger partial charge in [-0.25, -0.2) is 4.98 Å². The van der Waals surface area contributed by atoms with E-state index in [1.54, 1.807) is 6.33 Å². The summed E-state index contributed by atoms with van der Waals surface area (Å²) in [7, 11) is 0. The van der Waals surface area contributed by atoms with E-state index in [1.165, 1.54) is 16.8 Å². The van der Waals surface area contributed by atoms with Crippen LogP contribution in [0.15, 0.2) is 61.1 Å². The van der Waals surface area contributed by atoms with E-state index in [1.807, 2.05) is 24.4 Å². The Hall–Kier alpha value is -2.75. The fourth-order valence-electron chi connectivity index (χ4n) is 3.28. The smallest absolute Gasteiger partial charge is 0.125 e. The molecular formula is C20H21N3O. The second-order valence-electron chi connectivity index (χ2n) is 6.13. The number of aromatic nitrogens is 2. The molecule has 0 saturated carbocycles. The minimum absolute atomic E-state index is 0.609. The van der Waals surface area contributed by atoms with E-state index in [0.717, 1.165) is 37.4 Å². The zero-order chi connectivity index (χ0) is 16.2. The molecule has 122 valence electrons. The van der Waals surface area contributed by atoms with E-state index >= 15 is 0 Å². The van der Waals surface area contributed by atoms with E-state index in [4.69, 9.17) is 4.74 Å². The maximum Gasteiger partial charge on any atom is 0.125 e. The Bertz CT molecular complexity index is 784. The molecule has 0 unspecified atom stereocenters. The largest absolute Gasteiger partial charge is 0.489 e. The standard InChI is InChI=1S/C20H21N3O/c1-2-6-16(7-3-1)14-24-20-10-4-9-19-18(20)8-5-11-23(19)13-17-12-21-15-22-17/h1-4,6-7,9-10,12,15H,5,8,11,13-14H2,(H,21,22). The summed E-state index contributed by atoms with van der Waals surface area (Å²) in [5.74, 6) is 1.01. The van der Waals surface area contributed by atoms with Gasteiger partial charge in [0.1, 0.15) is 12.4 Å². The van der Waals surface area contributed by atoms with E-state index in [2.05, 4.69) is 45.2 Å². The number of fused-ring (bicyclic) bond motifs is 1. The van der Waals surface area contributed by atoms with Crippen molar-refractivity contribution in [1.29, 1.82) is 0 Å². The fraction of sp³-hybridized carbons (Fsp3) is 0.250. The average molecular weight is 319 g/mol. The highest BCUT2D eigenvalue weighted by molar-refractivity contribution is 5.61. The van der Waals surface area contributed by atoms with E-state index in [9.17, 15) is 0 Å². The number of aromatic amines is 1. The van der Waals surface area contributed by atoms with Gasteiger partial charge in [0.25, 0.3) is 0 Å². The SMILES string of the molecule is c1ccc(COc2cccc3c2CCCN3Cc2cnc[nH]2)cc1. The predicted octanol–water partition coefficient (Wildman–Crippen LogP) is 3.94. The minimum atomic E-state index is 0.609. The molecule has 1 aromatic heterocycles. The lowest BCUT2D eigenvalue weighted by molar-refractivity contribution is 0.302. The van der Waals surface area contributed by atoms with Crippen molar-refractivity contribution in [3.8, 4) is 5.75 Å². The van der Waals surface area contributed by atoms with Crippen LogP contribution in [0.1, 0.15) is 23.2 Å². The van der Waals surface area contributed by atoms with Crippen LogP contribution in [-0.4, -0.2) is 16.5 Å². The quantitative estimate of drug-likeness (QED) is 0.774. The number of ether oxygens (including phenoxy) is 1. The van der Waals surface area contributed by atoms with Crippen molar-refractivity contribution in [2.75, 3.05) is 11.4 Å². The first-order valence-corrected chi connectivity index (χ1v) is 8.41. The van der Waals surface area contributed by atoms with Gasteiger partial charge in [-0.3, -0.25) is 0 Å². The second kappa shape index (κ2) is 6.79. The first-order chi connectivity index (χ1) is 11.9. The third-order valence-electron chi connectivity index (χ3n) is 4.46. The summed E-state index contributed by atoms with van der Waals surface area (Å²) in [5.41, 5.74) is 4.93. The molecule has 0 atom stereocenters. The molecule has 0 saturated heterocycles. The highest BCUT2D eigenvalue weighted by Crippen LogP contribution is 2.35. The van der Waals surface area contributed by atoms with Crippen molar-refractivity contribution in [3.63, 3.8) is 0 Å². The predicted molar refractivity (Wildman–Crippen MR) is 95.2 cm³/mol. The summed E-state index contributed by atoms with van der Waals surface area (Å²) in [5, 5.41) is 0. The number of benzene rings is 2. The molecule has 2 heterocycles. The van der Waals surface area contributed by atoms with Crippen molar-refractivity contribution < 1.29 is 4.74 Å². The Kier molecular flexibility index (Phi) is 4.19. The van der Waals surface area contributed by atoms with Gasteiger partial charge in [0.05, 0.1) is 18.6 Å². The Morgan fingerprint density at radius 3 is 2.83 bits per heavy atom. The lowest BCUT2D eigenvalue weighted by Gasteiger charge is -2.32. The fourth-order valence-corrected chi connectivity index (χ4v) is 3.28. The van der Waals surface area contributed by atoms with Gasteiger partial charge >= 0.3 is 0 Å². The molecule has 4 heteroatoms. The van der Waals surface area contributed by atoms with Gasteiger partial charge < -0.3 is 14.6 Å². The molecule has 0 amide bonds. The van der Waals surface area contributed by atoms with Gasteiger partial charge in [0, 0.05) is 24.0 Å². The molecule has 3 aromatic rings. The van der Waals surface area contributed by atoms with Crippen LogP contribution in [0.25, 0.3) is 0 Å². The van der Waals surface area contributed by atoms with Crippen LogP contribution in [0.3, 0.4) is 0 Å².